The highest BCUT2D eigenvalue weighted by atomic mass is 16.2. The molecule has 12 heavy (non-hydrogen) atoms. The second-order valence-corrected chi connectivity index (χ2v) is 2.55. The first-order valence-electron chi connectivity index (χ1n) is 3.44. The van der Waals surface area contributed by atoms with E-state index >= 15 is 0 Å². The Balaban J connectivity index is 2.64. The van der Waals surface area contributed by atoms with E-state index in [1.807, 2.05) is 7.05 Å². The van der Waals surface area contributed by atoms with Crippen molar-refractivity contribution in [3.63, 3.8) is 0 Å². The van der Waals surface area contributed by atoms with E-state index in [9.17, 15) is 4.79 Å². The number of aryl methyl sites for hydroxylation is 1. The summed E-state index contributed by atoms with van der Waals surface area (Å²) in [7, 11) is 3.42. The number of hydrogen-bond acceptors (Lipinski definition) is 3. The second-order valence-electron chi connectivity index (χ2n) is 2.55. The minimum Gasteiger partial charge on any atom is -0.351 e. The zero-order valence-electron chi connectivity index (χ0n) is 7.06. The van der Waals surface area contributed by atoms with E-state index in [4.69, 9.17) is 5.73 Å². The number of nitrogens with zero attached hydrogens (tertiary/aromatic N) is 4. The third-order valence-corrected chi connectivity index (χ3v) is 1.56. The molecule has 2 N–H and O–H groups in total. The van der Waals surface area contributed by atoms with Crippen molar-refractivity contribution in [1.29, 1.82) is 0 Å². The van der Waals surface area contributed by atoms with E-state index in [1.165, 1.54) is 4.90 Å². The summed E-state index contributed by atoms with van der Waals surface area (Å²) in [6.45, 7) is 0.381. The van der Waals surface area contributed by atoms with Crippen molar-refractivity contribution < 1.29 is 4.79 Å². The minimum atomic E-state index is -0.474. The highest BCUT2D eigenvalue weighted by Gasteiger charge is 2.07. The molecule has 0 spiro atoms. The molecule has 2 amide bonds. The van der Waals surface area contributed by atoms with Gasteiger partial charge in [0.15, 0.2) is 5.82 Å². The van der Waals surface area contributed by atoms with Gasteiger partial charge in [-0.05, 0) is 0 Å². The van der Waals surface area contributed by atoms with Crippen LogP contribution in [0.4, 0.5) is 4.79 Å². The summed E-state index contributed by atoms with van der Waals surface area (Å²) in [5, 5.41) is 7.47. The lowest BCUT2D eigenvalue weighted by atomic mass is 10.5. The summed E-state index contributed by atoms with van der Waals surface area (Å²) in [5.74, 6) is 0.705. The van der Waals surface area contributed by atoms with Gasteiger partial charge in [-0.1, -0.05) is 0 Å². The van der Waals surface area contributed by atoms with Gasteiger partial charge in [-0.2, -0.15) is 0 Å². The maximum Gasteiger partial charge on any atom is 0.314 e. The zero-order chi connectivity index (χ0) is 9.14. The van der Waals surface area contributed by atoms with Crippen LogP contribution in [0.1, 0.15) is 5.82 Å². The van der Waals surface area contributed by atoms with E-state index < -0.39 is 6.03 Å². The molecule has 0 aliphatic heterocycles. The van der Waals surface area contributed by atoms with Gasteiger partial charge in [-0.25, -0.2) is 4.79 Å². The summed E-state index contributed by atoms with van der Waals surface area (Å²) in [5.41, 5.74) is 5.03. The van der Waals surface area contributed by atoms with Gasteiger partial charge in [-0.3, -0.25) is 0 Å². The van der Waals surface area contributed by atoms with Crippen molar-refractivity contribution in [2.24, 2.45) is 12.8 Å². The molecule has 1 aromatic heterocycles. The first-order valence-corrected chi connectivity index (χ1v) is 3.44. The molecule has 0 radical (unpaired) electrons. The van der Waals surface area contributed by atoms with E-state index in [2.05, 4.69) is 10.2 Å². The number of carbonyl (C=O) groups is 1. The Bertz CT molecular complexity index is 281. The van der Waals surface area contributed by atoms with Gasteiger partial charge in [0.25, 0.3) is 0 Å². The fraction of sp³-hybridized carbons (Fsp3) is 0.500. The van der Waals surface area contributed by atoms with Crippen LogP contribution < -0.4 is 5.73 Å². The first-order chi connectivity index (χ1) is 5.61. The van der Waals surface area contributed by atoms with Gasteiger partial charge in [0.05, 0.1) is 6.54 Å². The fourth-order valence-corrected chi connectivity index (χ4v) is 0.740. The van der Waals surface area contributed by atoms with Gasteiger partial charge in [0.1, 0.15) is 6.33 Å². The maximum atomic E-state index is 10.6. The molecule has 6 heteroatoms. The number of carbonyl (C=O) groups excluding carboxylic acids is 1. The number of aromatic nitrogens is 3. The Morgan fingerprint density at radius 2 is 2.50 bits per heavy atom. The van der Waals surface area contributed by atoms with Crippen molar-refractivity contribution in [2.75, 3.05) is 7.05 Å². The second kappa shape index (κ2) is 3.21. The smallest absolute Gasteiger partial charge is 0.314 e. The SMILES string of the molecule is CN(Cc1nncn1C)C(N)=O. The molecule has 0 saturated heterocycles. The van der Waals surface area contributed by atoms with Crippen molar-refractivity contribution in [3.8, 4) is 0 Å². The summed E-state index contributed by atoms with van der Waals surface area (Å²) in [6, 6.07) is -0.474. The predicted molar refractivity (Wildman–Crippen MR) is 42.1 cm³/mol. The molecular weight excluding hydrogens is 158 g/mol. The summed E-state index contributed by atoms with van der Waals surface area (Å²) < 4.78 is 1.74. The van der Waals surface area contributed by atoms with Crippen molar-refractivity contribution in [1.82, 2.24) is 19.7 Å². The molecule has 0 bridgehead atoms. The van der Waals surface area contributed by atoms with Crippen LogP contribution in [0.3, 0.4) is 0 Å². The topological polar surface area (TPSA) is 77.0 Å². The molecule has 1 heterocycles. The van der Waals surface area contributed by atoms with E-state index in [0.29, 0.717) is 12.4 Å². The molecule has 6 nitrogen and oxygen atoms in total. The van der Waals surface area contributed by atoms with Gasteiger partial charge < -0.3 is 15.2 Å². The standard InChI is InChI=1S/C6H11N5O/c1-10(6(7)12)3-5-9-8-4-11(5)2/h4H,3H2,1-2H3,(H2,7,12). The van der Waals surface area contributed by atoms with Gasteiger partial charge in [-0.15, -0.1) is 10.2 Å². The number of amides is 2. The molecule has 0 fully saturated rings. The average Bonchev–Trinajstić information content (AvgIpc) is 2.36. The highest BCUT2D eigenvalue weighted by molar-refractivity contribution is 5.71. The maximum absolute atomic E-state index is 10.6. The first kappa shape index (κ1) is 8.51. The number of hydrogen-bond donors (Lipinski definition) is 1. The van der Waals surface area contributed by atoms with Crippen LogP contribution in [0.25, 0.3) is 0 Å². The fourth-order valence-electron chi connectivity index (χ4n) is 0.740. The average molecular weight is 169 g/mol. The zero-order valence-corrected chi connectivity index (χ0v) is 7.06. The Kier molecular flexibility index (Phi) is 2.27. The molecule has 0 aromatic carbocycles. The third kappa shape index (κ3) is 1.71. The van der Waals surface area contributed by atoms with Crippen LogP contribution in [-0.2, 0) is 13.6 Å². The van der Waals surface area contributed by atoms with E-state index in [1.54, 1.807) is 17.9 Å². The van der Waals surface area contributed by atoms with Gasteiger partial charge >= 0.3 is 6.03 Å². The molecule has 1 rings (SSSR count). The van der Waals surface area contributed by atoms with Crippen LogP contribution in [0.5, 0.6) is 0 Å². The molecule has 0 aliphatic carbocycles. The number of primary amides is 1. The minimum absolute atomic E-state index is 0.381. The molecular formula is C6H11N5O. The molecule has 0 atom stereocenters. The van der Waals surface area contributed by atoms with E-state index in [-0.39, 0.29) is 0 Å². The monoisotopic (exact) mass is 169 g/mol. The number of nitrogens with two attached hydrogens (primary N) is 1. The quantitative estimate of drug-likeness (QED) is 0.637. The Morgan fingerprint density at radius 1 is 1.83 bits per heavy atom. The third-order valence-electron chi connectivity index (χ3n) is 1.56. The largest absolute Gasteiger partial charge is 0.351 e. The summed E-state index contributed by atoms with van der Waals surface area (Å²) >= 11 is 0. The Labute approximate surface area is 70.0 Å². The summed E-state index contributed by atoms with van der Waals surface area (Å²) in [4.78, 5) is 12.0. The Hall–Kier alpha value is -1.59. The summed E-state index contributed by atoms with van der Waals surface area (Å²) in [6.07, 6.45) is 1.57. The number of urea groups is 1. The van der Waals surface area contributed by atoms with Crippen LogP contribution >= 0.6 is 0 Å². The van der Waals surface area contributed by atoms with E-state index in [0.717, 1.165) is 0 Å². The number of rotatable bonds is 2. The molecule has 0 aliphatic rings. The van der Waals surface area contributed by atoms with Crippen molar-refractivity contribution in [2.45, 2.75) is 6.54 Å². The van der Waals surface area contributed by atoms with Crippen molar-refractivity contribution >= 4 is 6.03 Å². The Morgan fingerprint density at radius 3 is 2.92 bits per heavy atom. The lowest BCUT2D eigenvalue weighted by Crippen LogP contribution is -2.32. The van der Waals surface area contributed by atoms with Gasteiger partial charge in [0, 0.05) is 14.1 Å². The van der Waals surface area contributed by atoms with Gasteiger partial charge in [0.2, 0.25) is 0 Å². The lowest BCUT2D eigenvalue weighted by molar-refractivity contribution is 0.215. The van der Waals surface area contributed by atoms with Crippen LogP contribution in [0.15, 0.2) is 6.33 Å². The highest BCUT2D eigenvalue weighted by Crippen LogP contribution is 1.96. The van der Waals surface area contributed by atoms with Crippen molar-refractivity contribution in [3.05, 3.63) is 12.2 Å². The van der Waals surface area contributed by atoms with Crippen LogP contribution in [-0.4, -0.2) is 32.7 Å². The normalized spacial score (nSPS) is 9.83. The molecule has 1 aromatic rings. The van der Waals surface area contributed by atoms with Crippen LogP contribution in [0.2, 0.25) is 0 Å². The lowest BCUT2D eigenvalue weighted by Gasteiger charge is -2.12. The molecule has 66 valence electrons. The van der Waals surface area contributed by atoms with Crippen LogP contribution in [0, 0.1) is 0 Å². The molecule has 0 unspecified atom stereocenters. The molecule has 0 saturated carbocycles. The predicted octanol–water partition coefficient (Wildman–Crippen LogP) is -0.674.